The smallest absolute Gasteiger partial charge is 0.335 e. The lowest BCUT2D eigenvalue weighted by atomic mass is 9.71. The average molecular weight is 282 g/mol. The summed E-state index contributed by atoms with van der Waals surface area (Å²) in [4.78, 5) is 24.2. The van der Waals surface area contributed by atoms with E-state index in [2.05, 4.69) is 0 Å². The zero-order chi connectivity index (χ0) is 15.2. The molecule has 0 bridgehead atoms. The van der Waals surface area contributed by atoms with E-state index in [0.717, 1.165) is 37.7 Å². The fraction of sp³-hybridized carbons (Fsp3) is 0.750. The molecule has 0 aromatic carbocycles. The molecule has 1 aliphatic rings. The number of ether oxygens (including phenoxy) is 1. The van der Waals surface area contributed by atoms with Crippen LogP contribution in [0.1, 0.15) is 65.7 Å². The number of hydrogen-bond donors (Lipinski definition) is 1. The highest BCUT2D eigenvalue weighted by molar-refractivity contribution is 5.98. The van der Waals surface area contributed by atoms with Gasteiger partial charge in [0, 0.05) is 0 Å². The molecule has 1 saturated carbocycles. The van der Waals surface area contributed by atoms with E-state index in [4.69, 9.17) is 4.74 Å². The van der Waals surface area contributed by atoms with E-state index < -0.39 is 17.4 Å². The van der Waals surface area contributed by atoms with Crippen LogP contribution < -0.4 is 0 Å². The number of esters is 1. The second kappa shape index (κ2) is 7.46. The van der Waals surface area contributed by atoms with Crippen LogP contribution >= 0.6 is 0 Å². The fourth-order valence-corrected chi connectivity index (χ4v) is 3.12. The van der Waals surface area contributed by atoms with E-state index in [1.807, 2.05) is 13.8 Å². The van der Waals surface area contributed by atoms with Crippen molar-refractivity contribution in [3.8, 4) is 0 Å². The molecule has 114 valence electrons. The Bertz CT molecular complexity index is 383. The molecule has 1 rings (SSSR count). The van der Waals surface area contributed by atoms with Crippen LogP contribution in [0.2, 0.25) is 0 Å². The Balaban J connectivity index is 3.34. The Morgan fingerprint density at radius 3 is 2.05 bits per heavy atom. The first-order chi connectivity index (χ1) is 9.53. The molecule has 0 amide bonds. The molecule has 0 atom stereocenters. The molecule has 4 nitrogen and oxygen atoms in total. The molecule has 0 radical (unpaired) electrons. The maximum atomic E-state index is 12.4. The average Bonchev–Trinajstić information content (AvgIpc) is 2.45. The molecule has 0 saturated heterocycles. The number of carboxylic acid groups (broad SMARTS) is 1. The fourth-order valence-electron chi connectivity index (χ4n) is 3.12. The first-order valence-electron chi connectivity index (χ1n) is 7.66. The largest absolute Gasteiger partial charge is 0.481 e. The highest BCUT2D eigenvalue weighted by Gasteiger charge is 2.44. The minimum Gasteiger partial charge on any atom is -0.481 e. The Labute approximate surface area is 121 Å². The summed E-state index contributed by atoms with van der Waals surface area (Å²) in [7, 11) is 0. The molecule has 1 fully saturated rings. The summed E-state index contributed by atoms with van der Waals surface area (Å²) in [6.07, 6.45) is 5.68. The van der Waals surface area contributed by atoms with Crippen molar-refractivity contribution in [2.45, 2.75) is 65.7 Å². The van der Waals surface area contributed by atoms with Gasteiger partial charge in [-0.15, -0.1) is 0 Å². The molecule has 1 N–H and O–H groups in total. The maximum absolute atomic E-state index is 12.4. The lowest BCUT2D eigenvalue weighted by Gasteiger charge is -2.32. The third-order valence-corrected chi connectivity index (χ3v) is 4.39. The molecule has 0 aromatic heterocycles. The third kappa shape index (κ3) is 3.22. The third-order valence-electron chi connectivity index (χ3n) is 4.39. The molecule has 4 heteroatoms. The van der Waals surface area contributed by atoms with Crippen LogP contribution in [0.5, 0.6) is 0 Å². The van der Waals surface area contributed by atoms with Crippen molar-refractivity contribution in [3.63, 3.8) is 0 Å². The molecule has 20 heavy (non-hydrogen) atoms. The van der Waals surface area contributed by atoms with Gasteiger partial charge in [0.1, 0.15) is 0 Å². The van der Waals surface area contributed by atoms with Gasteiger partial charge in [-0.1, -0.05) is 25.8 Å². The number of carbonyl (C=O) groups is 2. The maximum Gasteiger partial charge on any atom is 0.335 e. The van der Waals surface area contributed by atoms with Crippen molar-refractivity contribution in [1.29, 1.82) is 0 Å². The Morgan fingerprint density at radius 1 is 1.10 bits per heavy atom. The van der Waals surface area contributed by atoms with Gasteiger partial charge in [-0.25, -0.2) is 4.79 Å². The number of carboxylic acids is 1. The predicted molar refractivity (Wildman–Crippen MR) is 77.4 cm³/mol. The van der Waals surface area contributed by atoms with Gasteiger partial charge < -0.3 is 9.84 Å². The van der Waals surface area contributed by atoms with Crippen molar-refractivity contribution in [2.75, 3.05) is 6.61 Å². The molecule has 1 aliphatic carbocycles. The Morgan fingerprint density at radius 2 is 1.65 bits per heavy atom. The summed E-state index contributed by atoms with van der Waals surface area (Å²) in [5.41, 5.74) is 0.330. The van der Waals surface area contributed by atoms with E-state index in [1.165, 1.54) is 0 Å². The molecule has 0 heterocycles. The lowest BCUT2D eigenvalue weighted by molar-refractivity contribution is -0.152. The van der Waals surface area contributed by atoms with Crippen molar-refractivity contribution < 1.29 is 19.4 Å². The van der Waals surface area contributed by atoms with Gasteiger partial charge in [0.2, 0.25) is 0 Å². The van der Waals surface area contributed by atoms with Gasteiger partial charge >= 0.3 is 11.9 Å². The van der Waals surface area contributed by atoms with Gasteiger partial charge in [-0.3, -0.25) is 4.79 Å². The van der Waals surface area contributed by atoms with E-state index in [0.29, 0.717) is 18.4 Å². The quantitative estimate of drug-likeness (QED) is 0.596. The van der Waals surface area contributed by atoms with Crippen molar-refractivity contribution >= 4 is 11.9 Å². The minimum absolute atomic E-state index is 0.277. The van der Waals surface area contributed by atoms with Gasteiger partial charge in [0.05, 0.1) is 17.6 Å². The highest BCUT2D eigenvalue weighted by Crippen LogP contribution is 2.41. The van der Waals surface area contributed by atoms with Crippen molar-refractivity contribution in [3.05, 3.63) is 11.1 Å². The van der Waals surface area contributed by atoms with Crippen LogP contribution in [-0.4, -0.2) is 23.7 Å². The Hall–Kier alpha value is -1.32. The first kappa shape index (κ1) is 16.7. The van der Waals surface area contributed by atoms with Gasteiger partial charge in [-0.05, 0) is 45.4 Å². The molecule has 0 spiro atoms. The van der Waals surface area contributed by atoms with Crippen molar-refractivity contribution in [1.82, 2.24) is 0 Å². The molecule has 0 aliphatic heterocycles. The second-order valence-electron chi connectivity index (χ2n) is 5.35. The zero-order valence-corrected chi connectivity index (χ0v) is 12.8. The van der Waals surface area contributed by atoms with Crippen LogP contribution in [0.25, 0.3) is 0 Å². The molecular weight excluding hydrogens is 256 g/mol. The predicted octanol–water partition coefficient (Wildman–Crippen LogP) is 3.70. The van der Waals surface area contributed by atoms with Crippen LogP contribution in [0.15, 0.2) is 11.1 Å². The summed E-state index contributed by atoms with van der Waals surface area (Å²) in [5.74, 6) is -1.35. The minimum atomic E-state index is -1.10. The number of aliphatic carboxylic acids is 1. The van der Waals surface area contributed by atoms with Gasteiger partial charge in [-0.2, -0.15) is 0 Å². The lowest BCUT2D eigenvalue weighted by Crippen LogP contribution is -2.37. The highest BCUT2D eigenvalue weighted by atomic mass is 16.5. The van der Waals surface area contributed by atoms with E-state index in [9.17, 15) is 14.7 Å². The molecular formula is C16H26O4. The van der Waals surface area contributed by atoms with Crippen LogP contribution in [0.3, 0.4) is 0 Å². The number of hydrogen-bond acceptors (Lipinski definition) is 3. The Kier molecular flexibility index (Phi) is 6.24. The van der Waals surface area contributed by atoms with Crippen LogP contribution in [0, 0.1) is 5.41 Å². The summed E-state index contributed by atoms with van der Waals surface area (Å²) in [6, 6.07) is 0. The SMILES string of the molecule is CCOC(=O)C(=C1CCCCC1)C(CC)(CC)C(=O)O. The van der Waals surface area contributed by atoms with E-state index in [-0.39, 0.29) is 6.61 Å². The van der Waals surface area contributed by atoms with Crippen LogP contribution in [0.4, 0.5) is 0 Å². The van der Waals surface area contributed by atoms with Crippen molar-refractivity contribution in [2.24, 2.45) is 5.41 Å². The summed E-state index contributed by atoms with van der Waals surface area (Å²) < 4.78 is 5.16. The van der Waals surface area contributed by atoms with E-state index >= 15 is 0 Å². The standard InChI is InChI=1S/C16H26O4/c1-4-16(5-2,15(18)19)13(14(17)20-6-3)12-10-8-7-9-11-12/h4-11H2,1-3H3,(H,18,19). The first-order valence-corrected chi connectivity index (χ1v) is 7.66. The second-order valence-corrected chi connectivity index (χ2v) is 5.35. The van der Waals surface area contributed by atoms with Crippen LogP contribution in [-0.2, 0) is 14.3 Å². The number of allylic oxidation sites excluding steroid dienone is 1. The number of rotatable bonds is 6. The summed E-state index contributed by atoms with van der Waals surface area (Å²) >= 11 is 0. The molecule has 0 aromatic rings. The topological polar surface area (TPSA) is 63.6 Å². The normalized spacial score (nSPS) is 15.8. The monoisotopic (exact) mass is 282 g/mol. The molecule has 0 unspecified atom stereocenters. The zero-order valence-electron chi connectivity index (χ0n) is 12.8. The van der Waals surface area contributed by atoms with Gasteiger partial charge in [0.15, 0.2) is 0 Å². The van der Waals surface area contributed by atoms with E-state index in [1.54, 1.807) is 6.92 Å². The summed E-state index contributed by atoms with van der Waals surface area (Å²) in [6.45, 7) is 5.70. The van der Waals surface area contributed by atoms with Gasteiger partial charge in [0.25, 0.3) is 0 Å². The number of carbonyl (C=O) groups excluding carboxylic acids is 1. The summed E-state index contributed by atoms with van der Waals surface area (Å²) in [5, 5.41) is 9.70.